The van der Waals surface area contributed by atoms with Crippen LogP contribution in [0.25, 0.3) is 0 Å². The molecule has 1 aromatic heterocycles. The summed E-state index contributed by atoms with van der Waals surface area (Å²) in [4.78, 5) is 24.9. The van der Waals surface area contributed by atoms with Gasteiger partial charge >= 0.3 is 0 Å². The third-order valence-electron chi connectivity index (χ3n) is 2.77. The summed E-state index contributed by atoms with van der Waals surface area (Å²) in [5, 5.41) is 10.7. The van der Waals surface area contributed by atoms with Crippen LogP contribution in [-0.2, 0) is 6.54 Å². The lowest BCUT2D eigenvalue weighted by atomic mass is 10.1. The number of halogens is 2. The fraction of sp³-hybridized carbons (Fsp3) is 0.154. The number of benzene rings is 1. The van der Waals surface area contributed by atoms with Gasteiger partial charge in [0.2, 0.25) is 0 Å². The van der Waals surface area contributed by atoms with Gasteiger partial charge in [-0.2, -0.15) is 0 Å². The molecule has 0 N–H and O–H groups in total. The molecule has 2 aromatic rings. The van der Waals surface area contributed by atoms with Crippen molar-refractivity contribution in [3.05, 3.63) is 60.2 Å². The van der Waals surface area contributed by atoms with Crippen LogP contribution in [0.2, 0.25) is 9.36 Å². The highest BCUT2D eigenvalue weighted by Gasteiger charge is 2.22. The number of carbonyl (C=O) groups is 1. The number of nitrogens with zero attached hydrogens (tertiary/aromatic N) is 2. The monoisotopic (exact) mass is 344 g/mol. The van der Waals surface area contributed by atoms with Crippen molar-refractivity contribution in [2.24, 2.45) is 0 Å². The van der Waals surface area contributed by atoms with E-state index in [-0.39, 0.29) is 22.2 Å². The standard InChI is InChI=1S/C13H10Cl2N2O3S/c1-16(7-8-5-6-11(14)21-8)13(18)9-3-2-4-10(12(9)15)17(19)20/h2-6H,7H2,1H3. The Morgan fingerprint density at radius 1 is 1.33 bits per heavy atom. The highest BCUT2D eigenvalue weighted by Crippen LogP contribution is 2.29. The van der Waals surface area contributed by atoms with Gasteiger partial charge in [0.1, 0.15) is 5.02 Å². The highest BCUT2D eigenvalue weighted by molar-refractivity contribution is 7.16. The lowest BCUT2D eigenvalue weighted by Crippen LogP contribution is -2.26. The molecule has 0 bridgehead atoms. The second-order valence-corrected chi connectivity index (χ2v) is 6.44. The number of nitro groups is 1. The van der Waals surface area contributed by atoms with Crippen molar-refractivity contribution in [2.45, 2.75) is 6.54 Å². The smallest absolute Gasteiger partial charge is 0.288 e. The van der Waals surface area contributed by atoms with Crippen LogP contribution in [0.15, 0.2) is 30.3 Å². The topological polar surface area (TPSA) is 63.5 Å². The Labute approximate surface area is 134 Å². The van der Waals surface area contributed by atoms with Gasteiger partial charge in [0, 0.05) is 18.0 Å². The lowest BCUT2D eigenvalue weighted by molar-refractivity contribution is -0.384. The molecule has 0 aliphatic rings. The molecule has 2 rings (SSSR count). The molecular weight excluding hydrogens is 335 g/mol. The van der Waals surface area contributed by atoms with E-state index in [4.69, 9.17) is 23.2 Å². The molecule has 0 atom stereocenters. The molecule has 21 heavy (non-hydrogen) atoms. The molecule has 0 radical (unpaired) electrons. The zero-order chi connectivity index (χ0) is 15.6. The molecule has 0 spiro atoms. The highest BCUT2D eigenvalue weighted by atomic mass is 35.5. The van der Waals surface area contributed by atoms with Gasteiger partial charge in [-0.3, -0.25) is 14.9 Å². The second-order valence-electron chi connectivity index (χ2n) is 4.26. The van der Waals surface area contributed by atoms with Crippen LogP contribution >= 0.6 is 34.5 Å². The van der Waals surface area contributed by atoms with E-state index >= 15 is 0 Å². The van der Waals surface area contributed by atoms with Gasteiger partial charge in [-0.1, -0.05) is 29.3 Å². The maximum absolute atomic E-state index is 12.3. The molecule has 110 valence electrons. The predicted molar refractivity (Wildman–Crippen MR) is 83.2 cm³/mol. The largest absolute Gasteiger partial charge is 0.337 e. The van der Waals surface area contributed by atoms with E-state index in [1.165, 1.54) is 34.4 Å². The van der Waals surface area contributed by atoms with Gasteiger partial charge in [-0.25, -0.2) is 0 Å². The second kappa shape index (κ2) is 6.43. The van der Waals surface area contributed by atoms with Crippen molar-refractivity contribution in [3.63, 3.8) is 0 Å². The van der Waals surface area contributed by atoms with Crippen LogP contribution < -0.4 is 0 Å². The lowest BCUT2D eigenvalue weighted by Gasteiger charge is -2.16. The van der Waals surface area contributed by atoms with Crippen LogP contribution in [0, 0.1) is 10.1 Å². The normalized spacial score (nSPS) is 10.4. The summed E-state index contributed by atoms with van der Waals surface area (Å²) in [5.74, 6) is -0.381. The van der Waals surface area contributed by atoms with Crippen molar-refractivity contribution in [3.8, 4) is 0 Å². The van der Waals surface area contributed by atoms with Crippen molar-refractivity contribution < 1.29 is 9.72 Å². The zero-order valence-electron chi connectivity index (χ0n) is 10.9. The summed E-state index contributed by atoms with van der Waals surface area (Å²) >= 11 is 13.2. The molecule has 0 aliphatic carbocycles. The number of amides is 1. The predicted octanol–water partition coefficient (Wildman–Crippen LogP) is 4.24. The first-order valence-corrected chi connectivity index (χ1v) is 7.40. The maximum atomic E-state index is 12.3. The van der Waals surface area contributed by atoms with Gasteiger partial charge in [0.05, 0.1) is 21.4 Å². The van der Waals surface area contributed by atoms with E-state index in [1.807, 2.05) is 6.07 Å². The molecule has 1 amide bonds. The van der Waals surface area contributed by atoms with Crippen molar-refractivity contribution in [2.75, 3.05) is 7.05 Å². The van der Waals surface area contributed by atoms with E-state index in [0.29, 0.717) is 10.9 Å². The summed E-state index contributed by atoms with van der Waals surface area (Å²) in [6.07, 6.45) is 0. The SMILES string of the molecule is CN(Cc1ccc(Cl)s1)C(=O)c1cccc([N+](=O)[O-])c1Cl. The first-order chi connectivity index (χ1) is 9.90. The fourth-order valence-corrected chi connectivity index (χ4v) is 3.19. The van der Waals surface area contributed by atoms with Gasteiger partial charge in [-0.15, -0.1) is 11.3 Å². The third kappa shape index (κ3) is 3.53. The molecule has 0 unspecified atom stereocenters. The molecule has 0 saturated carbocycles. The molecule has 1 aromatic carbocycles. The minimum atomic E-state index is -0.613. The number of thiophene rings is 1. The first-order valence-electron chi connectivity index (χ1n) is 5.82. The third-order valence-corrected chi connectivity index (χ3v) is 4.39. The summed E-state index contributed by atoms with van der Waals surface area (Å²) in [6, 6.07) is 7.74. The fourth-order valence-electron chi connectivity index (χ4n) is 1.77. The van der Waals surface area contributed by atoms with E-state index in [0.717, 1.165) is 4.88 Å². The molecule has 8 heteroatoms. The number of rotatable bonds is 4. The average Bonchev–Trinajstić information content (AvgIpc) is 2.83. The Morgan fingerprint density at radius 3 is 2.62 bits per heavy atom. The molecular formula is C13H10Cl2N2O3S. The van der Waals surface area contributed by atoms with Crippen LogP contribution in [-0.4, -0.2) is 22.8 Å². The molecule has 0 aliphatic heterocycles. The minimum Gasteiger partial charge on any atom is -0.337 e. The molecule has 1 heterocycles. The summed E-state index contributed by atoms with van der Waals surface area (Å²) in [6.45, 7) is 0.356. The number of hydrogen-bond acceptors (Lipinski definition) is 4. The van der Waals surface area contributed by atoms with Crippen LogP contribution in [0.3, 0.4) is 0 Å². The summed E-state index contributed by atoms with van der Waals surface area (Å²) < 4.78 is 0.638. The van der Waals surface area contributed by atoms with Crippen molar-refractivity contribution in [1.82, 2.24) is 4.90 Å². The van der Waals surface area contributed by atoms with Gasteiger partial charge < -0.3 is 4.90 Å². The van der Waals surface area contributed by atoms with Crippen molar-refractivity contribution >= 4 is 46.1 Å². The molecule has 0 saturated heterocycles. The number of hydrogen-bond donors (Lipinski definition) is 0. The van der Waals surface area contributed by atoms with Crippen LogP contribution in [0.4, 0.5) is 5.69 Å². The van der Waals surface area contributed by atoms with E-state index in [2.05, 4.69) is 0 Å². The summed E-state index contributed by atoms with van der Waals surface area (Å²) in [7, 11) is 1.60. The van der Waals surface area contributed by atoms with Crippen molar-refractivity contribution in [1.29, 1.82) is 0 Å². The van der Waals surface area contributed by atoms with Gasteiger partial charge in [0.15, 0.2) is 0 Å². The number of nitro benzene ring substituents is 1. The van der Waals surface area contributed by atoms with E-state index in [9.17, 15) is 14.9 Å². The Kier molecular flexibility index (Phi) is 4.82. The zero-order valence-corrected chi connectivity index (χ0v) is 13.2. The minimum absolute atomic E-state index is 0.107. The van der Waals surface area contributed by atoms with E-state index < -0.39 is 4.92 Å². The Bertz CT molecular complexity index is 702. The van der Waals surface area contributed by atoms with Crippen LogP contribution in [0.1, 0.15) is 15.2 Å². The quantitative estimate of drug-likeness (QED) is 0.615. The van der Waals surface area contributed by atoms with Gasteiger partial charge in [-0.05, 0) is 18.2 Å². The Hall–Kier alpha value is -1.63. The maximum Gasteiger partial charge on any atom is 0.288 e. The molecule has 5 nitrogen and oxygen atoms in total. The Morgan fingerprint density at radius 2 is 2.05 bits per heavy atom. The van der Waals surface area contributed by atoms with E-state index in [1.54, 1.807) is 13.1 Å². The Balaban J connectivity index is 2.23. The average molecular weight is 345 g/mol. The molecule has 0 fully saturated rings. The summed E-state index contributed by atoms with van der Waals surface area (Å²) in [5.41, 5.74) is -0.175. The first kappa shape index (κ1) is 15.8. The number of carbonyl (C=O) groups excluding carboxylic acids is 1. The van der Waals surface area contributed by atoms with Gasteiger partial charge in [0.25, 0.3) is 11.6 Å². The van der Waals surface area contributed by atoms with Crippen LogP contribution in [0.5, 0.6) is 0 Å².